The molecule has 0 saturated heterocycles. The summed E-state index contributed by atoms with van der Waals surface area (Å²) < 4.78 is 0. The van der Waals surface area contributed by atoms with Gasteiger partial charge in [0.2, 0.25) is 11.8 Å². The maximum atomic E-state index is 12.5. The van der Waals surface area contributed by atoms with E-state index in [1.165, 1.54) is 22.3 Å². The van der Waals surface area contributed by atoms with E-state index in [0.29, 0.717) is 13.1 Å². The number of amides is 2. The van der Waals surface area contributed by atoms with Crippen LogP contribution in [0.15, 0.2) is 48.5 Å². The van der Waals surface area contributed by atoms with Crippen molar-refractivity contribution in [3.63, 3.8) is 0 Å². The van der Waals surface area contributed by atoms with Gasteiger partial charge < -0.3 is 9.80 Å². The molecule has 4 rings (SSSR count). The highest BCUT2D eigenvalue weighted by atomic mass is 16.2. The van der Waals surface area contributed by atoms with Crippen LogP contribution in [0.3, 0.4) is 0 Å². The van der Waals surface area contributed by atoms with Crippen LogP contribution in [0.25, 0.3) is 0 Å². The summed E-state index contributed by atoms with van der Waals surface area (Å²) in [6, 6.07) is 16.4. The fourth-order valence-corrected chi connectivity index (χ4v) is 4.58. The monoisotopic (exact) mass is 348 g/mol. The highest BCUT2D eigenvalue weighted by Crippen LogP contribution is 2.45. The van der Waals surface area contributed by atoms with Gasteiger partial charge in [-0.05, 0) is 35.1 Å². The SMILES string of the molecule is CC(=O)N1CCc2ccccc2[C@@H]1[C@@H]1c2ccccc2CCN1C(C)=O. The summed E-state index contributed by atoms with van der Waals surface area (Å²) in [6.07, 6.45) is 1.72. The summed E-state index contributed by atoms with van der Waals surface area (Å²) >= 11 is 0. The molecule has 2 aliphatic rings. The number of nitrogens with zero attached hydrogens (tertiary/aromatic N) is 2. The number of fused-ring (bicyclic) bond motifs is 2. The van der Waals surface area contributed by atoms with Crippen molar-refractivity contribution in [2.24, 2.45) is 0 Å². The van der Waals surface area contributed by atoms with Crippen molar-refractivity contribution in [1.29, 1.82) is 0 Å². The molecule has 2 amide bonds. The molecular formula is C22H24N2O2. The highest BCUT2D eigenvalue weighted by Gasteiger charge is 2.42. The van der Waals surface area contributed by atoms with Crippen molar-refractivity contribution in [2.75, 3.05) is 13.1 Å². The molecule has 0 aromatic heterocycles. The number of carbonyl (C=O) groups excluding carboxylic acids is 2. The molecule has 0 bridgehead atoms. The van der Waals surface area contributed by atoms with E-state index in [1.54, 1.807) is 13.8 Å². The van der Waals surface area contributed by atoms with E-state index in [9.17, 15) is 9.59 Å². The van der Waals surface area contributed by atoms with Crippen LogP contribution < -0.4 is 0 Å². The van der Waals surface area contributed by atoms with Gasteiger partial charge in [-0.1, -0.05) is 48.5 Å². The molecule has 2 atom stereocenters. The first-order chi connectivity index (χ1) is 12.6. The second-order valence-corrected chi connectivity index (χ2v) is 7.21. The first kappa shape index (κ1) is 16.8. The van der Waals surface area contributed by atoms with E-state index in [1.807, 2.05) is 21.9 Å². The number of carbonyl (C=O) groups is 2. The third kappa shape index (κ3) is 2.70. The van der Waals surface area contributed by atoms with E-state index in [4.69, 9.17) is 0 Å². The van der Waals surface area contributed by atoms with Crippen molar-refractivity contribution in [1.82, 2.24) is 9.80 Å². The first-order valence-electron chi connectivity index (χ1n) is 9.28. The molecule has 2 heterocycles. The third-order valence-electron chi connectivity index (χ3n) is 5.77. The molecule has 2 aromatic carbocycles. The zero-order valence-electron chi connectivity index (χ0n) is 15.3. The predicted molar refractivity (Wildman–Crippen MR) is 101 cm³/mol. The Balaban J connectivity index is 1.91. The summed E-state index contributed by atoms with van der Waals surface area (Å²) in [4.78, 5) is 28.8. The average Bonchev–Trinajstić information content (AvgIpc) is 2.66. The van der Waals surface area contributed by atoms with Gasteiger partial charge in [0.05, 0.1) is 12.1 Å². The van der Waals surface area contributed by atoms with Crippen LogP contribution in [-0.4, -0.2) is 34.7 Å². The molecule has 0 radical (unpaired) electrons. The lowest BCUT2D eigenvalue weighted by atomic mass is 9.81. The normalized spacial score (nSPS) is 21.8. The quantitative estimate of drug-likeness (QED) is 0.793. The fourth-order valence-electron chi connectivity index (χ4n) is 4.58. The Morgan fingerprint density at radius 3 is 1.50 bits per heavy atom. The Kier molecular flexibility index (Phi) is 4.27. The Labute approximate surface area is 154 Å². The van der Waals surface area contributed by atoms with Crippen molar-refractivity contribution >= 4 is 11.8 Å². The van der Waals surface area contributed by atoms with Gasteiger partial charge in [-0.3, -0.25) is 9.59 Å². The van der Waals surface area contributed by atoms with Crippen LogP contribution in [0.1, 0.15) is 48.2 Å². The predicted octanol–water partition coefficient (Wildman–Crippen LogP) is 3.28. The molecule has 134 valence electrons. The van der Waals surface area contributed by atoms with Crippen molar-refractivity contribution in [3.05, 3.63) is 70.8 Å². The zero-order valence-corrected chi connectivity index (χ0v) is 15.3. The van der Waals surface area contributed by atoms with Crippen molar-refractivity contribution in [3.8, 4) is 0 Å². The molecule has 0 unspecified atom stereocenters. The number of rotatable bonds is 1. The lowest BCUT2D eigenvalue weighted by molar-refractivity contribution is -0.140. The van der Waals surface area contributed by atoms with Crippen LogP contribution >= 0.6 is 0 Å². The largest absolute Gasteiger partial charge is 0.333 e. The Hall–Kier alpha value is -2.62. The topological polar surface area (TPSA) is 40.6 Å². The van der Waals surface area contributed by atoms with Crippen LogP contribution in [0.4, 0.5) is 0 Å². The minimum absolute atomic E-state index is 0.0658. The van der Waals surface area contributed by atoms with Crippen LogP contribution in [-0.2, 0) is 22.4 Å². The number of benzene rings is 2. The van der Waals surface area contributed by atoms with Crippen molar-refractivity contribution < 1.29 is 9.59 Å². The second kappa shape index (κ2) is 6.60. The maximum absolute atomic E-state index is 12.5. The Morgan fingerprint density at radius 2 is 1.12 bits per heavy atom. The van der Waals surface area contributed by atoms with Gasteiger partial charge in [0.25, 0.3) is 0 Å². The van der Waals surface area contributed by atoms with Gasteiger partial charge in [-0.25, -0.2) is 0 Å². The lowest BCUT2D eigenvalue weighted by Gasteiger charge is -2.47. The first-order valence-corrected chi connectivity index (χ1v) is 9.28. The van der Waals surface area contributed by atoms with E-state index in [-0.39, 0.29) is 23.9 Å². The third-order valence-corrected chi connectivity index (χ3v) is 5.77. The summed E-state index contributed by atoms with van der Waals surface area (Å²) in [6.45, 7) is 4.66. The van der Waals surface area contributed by atoms with Gasteiger partial charge in [-0.2, -0.15) is 0 Å². The molecule has 4 nitrogen and oxygen atoms in total. The molecule has 26 heavy (non-hydrogen) atoms. The smallest absolute Gasteiger partial charge is 0.220 e. The number of hydrogen-bond donors (Lipinski definition) is 0. The minimum atomic E-state index is -0.136. The van der Waals surface area contributed by atoms with E-state index in [2.05, 4.69) is 36.4 Å². The highest BCUT2D eigenvalue weighted by molar-refractivity contribution is 5.76. The standard InChI is InChI=1S/C22H24N2O2/c1-15(25)23-13-11-17-7-3-5-9-19(17)21(23)22-20-10-6-4-8-18(20)12-14-24(22)16(2)26/h3-10,21-22H,11-14H2,1-2H3/t21-,22+. The Morgan fingerprint density at radius 1 is 0.731 bits per heavy atom. The maximum Gasteiger partial charge on any atom is 0.220 e. The summed E-state index contributed by atoms with van der Waals surface area (Å²) in [5.41, 5.74) is 4.90. The molecule has 4 heteroatoms. The minimum Gasteiger partial charge on any atom is -0.333 e. The van der Waals surface area contributed by atoms with Gasteiger partial charge >= 0.3 is 0 Å². The lowest BCUT2D eigenvalue weighted by Crippen LogP contribution is -2.49. The summed E-state index contributed by atoms with van der Waals surface area (Å²) in [7, 11) is 0. The summed E-state index contributed by atoms with van der Waals surface area (Å²) in [5.74, 6) is 0.132. The van der Waals surface area contributed by atoms with E-state index in [0.717, 1.165) is 12.8 Å². The van der Waals surface area contributed by atoms with E-state index >= 15 is 0 Å². The molecule has 2 aliphatic heterocycles. The molecule has 0 saturated carbocycles. The van der Waals surface area contributed by atoms with Crippen LogP contribution in [0.2, 0.25) is 0 Å². The van der Waals surface area contributed by atoms with Gasteiger partial charge in [-0.15, -0.1) is 0 Å². The zero-order chi connectivity index (χ0) is 18.3. The molecule has 0 spiro atoms. The average molecular weight is 348 g/mol. The van der Waals surface area contributed by atoms with E-state index < -0.39 is 0 Å². The fraction of sp³-hybridized carbons (Fsp3) is 0.364. The molecule has 0 aliphatic carbocycles. The second-order valence-electron chi connectivity index (χ2n) is 7.21. The summed E-state index contributed by atoms with van der Waals surface area (Å²) in [5, 5.41) is 0. The molecule has 0 fully saturated rings. The molecular weight excluding hydrogens is 324 g/mol. The Bertz CT molecular complexity index is 789. The van der Waals surface area contributed by atoms with Gasteiger partial charge in [0.1, 0.15) is 0 Å². The van der Waals surface area contributed by atoms with Gasteiger partial charge in [0.15, 0.2) is 0 Å². The molecule has 0 N–H and O–H groups in total. The van der Waals surface area contributed by atoms with Crippen molar-refractivity contribution in [2.45, 2.75) is 38.8 Å². The van der Waals surface area contributed by atoms with Crippen LogP contribution in [0, 0.1) is 0 Å². The molecule has 2 aromatic rings. The number of hydrogen-bond acceptors (Lipinski definition) is 2. The van der Waals surface area contributed by atoms with Crippen LogP contribution in [0.5, 0.6) is 0 Å². The van der Waals surface area contributed by atoms with Gasteiger partial charge in [0, 0.05) is 26.9 Å².